The monoisotopic (exact) mass is 252 g/mol. The summed E-state index contributed by atoms with van der Waals surface area (Å²) in [6.07, 6.45) is 0. The van der Waals surface area contributed by atoms with Crippen LogP contribution in [0.2, 0.25) is 0 Å². The molecular weight excluding hydrogens is 236 g/mol. The first-order valence-electron chi connectivity index (χ1n) is 5.51. The number of aryl methyl sites for hydroxylation is 2. The number of aromatic nitrogens is 5. The van der Waals surface area contributed by atoms with Crippen LogP contribution in [-0.2, 0) is 0 Å². The van der Waals surface area contributed by atoms with E-state index in [1.54, 1.807) is 11.3 Å². The van der Waals surface area contributed by atoms with Crippen molar-refractivity contribution in [2.45, 2.75) is 39.8 Å². The Labute approximate surface area is 104 Å². The van der Waals surface area contributed by atoms with Crippen LogP contribution in [0.5, 0.6) is 0 Å². The summed E-state index contributed by atoms with van der Waals surface area (Å²) in [5.41, 5.74) is 1.10. The minimum absolute atomic E-state index is 0.0464. The third-order valence-electron chi connectivity index (χ3n) is 2.60. The van der Waals surface area contributed by atoms with Crippen molar-refractivity contribution in [3.05, 3.63) is 21.4 Å². The van der Waals surface area contributed by atoms with Crippen molar-refractivity contribution in [3.63, 3.8) is 0 Å². The first-order valence-corrected chi connectivity index (χ1v) is 6.33. The molecule has 0 aliphatic rings. The van der Waals surface area contributed by atoms with Gasteiger partial charge in [0.15, 0.2) is 5.82 Å². The van der Waals surface area contributed by atoms with Crippen LogP contribution in [0, 0.1) is 13.8 Å². The Kier molecular flexibility index (Phi) is 3.49. The first kappa shape index (κ1) is 12.1. The van der Waals surface area contributed by atoms with E-state index in [1.807, 2.05) is 13.8 Å². The van der Waals surface area contributed by atoms with Crippen molar-refractivity contribution in [1.82, 2.24) is 30.9 Å². The number of hydrogen-bond acceptors (Lipinski definition) is 6. The number of thiazole rings is 1. The molecule has 2 unspecified atom stereocenters. The van der Waals surface area contributed by atoms with E-state index in [2.05, 4.69) is 44.8 Å². The predicted molar refractivity (Wildman–Crippen MR) is 65.7 cm³/mol. The van der Waals surface area contributed by atoms with Gasteiger partial charge in [0.2, 0.25) is 0 Å². The van der Waals surface area contributed by atoms with Crippen LogP contribution in [-0.4, -0.2) is 25.6 Å². The highest BCUT2D eigenvalue weighted by Gasteiger charge is 2.18. The van der Waals surface area contributed by atoms with Crippen molar-refractivity contribution in [3.8, 4) is 0 Å². The summed E-state index contributed by atoms with van der Waals surface area (Å²) in [6, 6.07) is 0.221. The second-order valence-corrected chi connectivity index (χ2v) is 5.46. The van der Waals surface area contributed by atoms with E-state index < -0.39 is 0 Å². The fraction of sp³-hybridized carbons (Fsp3) is 0.600. The molecule has 0 saturated carbocycles. The molecule has 6 nitrogen and oxygen atoms in total. The van der Waals surface area contributed by atoms with Crippen molar-refractivity contribution >= 4 is 11.3 Å². The van der Waals surface area contributed by atoms with Gasteiger partial charge in [0.05, 0.1) is 16.7 Å². The van der Waals surface area contributed by atoms with Crippen molar-refractivity contribution in [2.75, 3.05) is 0 Å². The fourth-order valence-corrected chi connectivity index (χ4v) is 2.74. The van der Waals surface area contributed by atoms with Gasteiger partial charge in [-0.15, -0.1) is 21.5 Å². The predicted octanol–water partition coefficient (Wildman–Crippen LogP) is 1.68. The van der Waals surface area contributed by atoms with E-state index in [0.29, 0.717) is 5.82 Å². The summed E-state index contributed by atoms with van der Waals surface area (Å²) in [7, 11) is 0. The second kappa shape index (κ2) is 4.89. The third kappa shape index (κ3) is 2.67. The highest BCUT2D eigenvalue weighted by Crippen LogP contribution is 2.24. The molecule has 0 fully saturated rings. The van der Waals surface area contributed by atoms with Crippen LogP contribution < -0.4 is 5.32 Å². The lowest BCUT2D eigenvalue weighted by Gasteiger charge is -2.16. The van der Waals surface area contributed by atoms with Gasteiger partial charge >= 0.3 is 0 Å². The average molecular weight is 252 g/mol. The Morgan fingerprint density at radius 1 is 1.24 bits per heavy atom. The molecule has 2 N–H and O–H groups in total. The number of nitrogens with one attached hydrogen (secondary N) is 2. The Balaban J connectivity index is 2.06. The Bertz CT molecular complexity index is 477. The smallest absolute Gasteiger partial charge is 0.191 e. The van der Waals surface area contributed by atoms with Gasteiger partial charge in [-0.3, -0.25) is 5.32 Å². The molecule has 2 rings (SSSR count). The Morgan fingerprint density at radius 3 is 2.53 bits per heavy atom. The summed E-state index contributed by atoms with van der Waals surface area (Å²) in [6.45, 7) is 8.22. The number of nitrogens with zero attached hydrogens (tertiary/aromatic N) is 4. The maximum atomic E-state index is 4.54. The maximum absolute atomic E-state index is 4.54. The van der Waals surface area contributed by atoms with Gasteiger partial charge < -0.3 is 0 Å². The van der Waals surface area contributed by atoms with Gasteiger partial charge in [-0.1, -0.05) is 5.21 Å². The number of tetrazole rings is 1. The Hall–Kier alpha value is -1.34. The molecule has 0 aromatic carbocycles. The average Bonchev–Trinajstić information content (AvgIpc) is 2.87. The highest BCUT2D eigenvalue weighted by atomic mass is 32.1. The van der Waals surface area contributed by atoms with Gasteiger partial charge in [0.1, 0.15) is 0 Å². The van der Waals surface area contributed by atoms with Crippen molar-refractivity contribution in [1.29, 1.82) is 0 Å². The molecule has 2 aromatic heterocycles. The lowest BCUT2D eigenvalue weighted by atomic mass is 10.2. The third-order valence-corrected chi connectivity index (χ3v) is 3.50. The minimum atomic E-state index is 0.0464. The van der Waals surface area contributed by atoms with Crippen molar-refractivity contribution in [2.24, 2.45) is 0 Å². The zero-order chi connectivity index (χ0) is 12.4. The molecule has 2 aromatic rings. The topological polar surface area (TPSA) is 79.4 Å². The van der Waals surface area contributed by atoms with E-state index in [1.165, 1.54) is 4.88 Å². The summed E-state index contributed by atoms with van der Waals surface area (Å²) in [5, 5.41) is 18.4. The van der Waals surface area contributed by atoms with E-state index in [0.717, 1.165) is 10.7 Å². The van der Waals surface area contributed by atoms with Gasteiger partial charge in [-0.05, 0) is 27.7 Å². The minimum Gasteiger partial charge on any atom is -0.299 e. The molecule has 0 radical (unpaired) electrons. The maximum Gasteiger partial charge on any atom is 0.191 e. The SMILES string of the molecule is Cc1nc(C(C)NC(C)c2nn[nH]n2)c(C)s1. The lowest BCUT2D eigenvalue weighted by molar-refractivity contribution is 0.469. The number of aromatic amines is 1. The van der Waals surface area contributed by atoms with Crippen LogP contribution >= 0.6 is 11.3 Å². The summed E-state index contributed by atoms with van der Waals surface area (Å²) in [5.74, 6) is 0.668. The number of H-pyrrole nitrogens is 1. The molecule has 7 heteroatoms. The summed E-state index contributed by atoms with van der Waals surface area (Å²) in [4.78, 5) is 5.79. The lowest BCUT2D eigenvalue weighted by Crippen LogP contribution is -2.24. The number of hydrogen-bond donors (Lipinski definition) is 2. The van der Waals surface area contributed by atoms with Crippen LogP contribution in [0.1, 0.15) is 47.3 Å². The molecule has 17 heavy (non-hydrogen) atoms. The van der Waals surface area contributed by atoms with Gasteiger partial charge in [-0.2, -0.15) is 5.21 Å². The standard InChI is InChI=1S/C10H16N6S/c1-5(9-7(3)17-8(4)12-9)11-6(2)10-13-15-16-14-10/h5-6,11H,1-4H3,(H,13,14,15,16). The molecular formula is C10H16N6S. The van der Waals surface area contributed by atoms with E-state index in [-0.39, 0.29) is 12.1 Å². The van der Waals surface area contributed by atoms with Crippen molar-refractivity contribution < 1.29 is 0 Å². The zero-order valence-corrected chi connectivity index (χ0v) is 11.2. The number of rotatable bonds is 4. The van der Waals surface area contributed by atoms with E-state index in [4.69, 9.17) is 0 Å². The molecule has 92 valence electrons. The normalized spacial score (nSPS) is 14.8. The van der Waals surface area contributed by atoms with Gasteiger partial charge in [0, 0.05) is 10.9 Å². The molecule has 2 atom stereocenters. The largest absolute Gasteiger partial charge is 0.299 e. The van der Waals surface area contributed by atoms with Crippen LogP contribution in [0.25, 0.3) is 0 Å². The van der Waals surface area contributed by atoms with Gasteiger partial charge in [0.25, 0.3) is 0 Å². The zero-order valence-electron chi connectivity index (χ0n) is 10.4. The summed E-state index contributed by atoms with van der Waals surface area (Å²) >= 11 is 1.72. The molecule has 0 spiro atoms. The molecule has 0 aliphatic carbocycles. The quantitative estimate of drug-likeness (QED) is 0.865. The first-order chi connectivity index (χ1) is 8.08. The van der Waals surface area contributed by atoms with E-state index in [9.17, 15) is 0 Å². The molecule has 0 bridgehead atoms. The molecule has 0 saturated heterocycles. The molecule has 0 amide bonds. The Morgan fingerprint density at radius 2 is 2.00 bits per heavy atom. The highest BCUT2D eigenvalue weighted by molar-refractivity contribution is 7.11. The van der Waals surface area contributed by atoms with E-state index >= 15 is 0 Å². The fourth-order valence-electron chi connectivity index (χ4n) is 1.83. The van der Waals surface area contributed by atoms with Crippen LogP contribution in [0.15, 0.2) is 0 Å². The summed E-state index contributed by atoms with van der Waals surface area (Å²) < 4.78 is 0. The molecule has 0 aliphatic heterocycles. The molecule has 2 heterocycles. The van der Waals surface area contributed by atoms with Crippen LogP contribution in [0.4, 0.5) is 0 Å². The second-order valence-electron chi connectivity index (χ2n) is 4.05. The van der Waals surface area contributed by atoms with Crippen LogP contribution in [0.3, 0.4) is 0 Å². The van der Waals surface area contributed by atoms with Gasteiger partial charge in [-0.25, -0.2) is 4.98 Å².